The smallest absolute Gasteiger partial charge is 0.234 e. The first-order chi connectivity index (χ1) is 12.4. The molecule has 0 aliphatic rings. The van der Waals surface area contributed by atoms with Crippen molar-refractivity contribution in [3.05, 3.63) is 41.2 Å². The molecule has 0 fully saturated rings. The largest absolute Gasteiger partial charge is 0.322 e. The highest BCUT2D eigenvalue weighted by Crippen LogP contribution is 2.24. The number of nitrogens with one attached hydrogen (secondary N) is 1. The monoisotopic (exact) mass is 370 g/mol. The first kappa shape index (κ1) is 18.2. The topological polar surface area (TPSA) is 77.6 Å². The Hall–Kier alpha value is -2.61. The lowest BCUT2D eigenvalue weighted by molar-refractivity contribution is -0.113. The van der Waals surface area contributed by atoms with E-state index in [2.05, 4.69) is 20.6 Å². The Morgan fingerprint density at radius 2 is 1.81 bits per heavy atom. The summed E-state index contributed by atoms with van der Waals surface area (Å²) in [6, 6.07) is 8.13. The van der Waals surface area contributed by atoms with E-state index >= 15 is 0 Å². The maximum absolute atomic E-state index is 12.3. The molecule has 3 rings (SSSR count). The number of anilines is 1. The van der Waals surface area contributed by atoms with Crippen molar-refractivity contribution in [2.75, 3.05) is 11.1 Å². The molecule has 0 radical (unpaired) electrons. The van der Waals surface area contributed by atoms with Gasteiger partial charge in [-0.3, -0.25) is 9.48 Å². The molecule has 1 amide bonds. The number of carbonyl (C=O) groups excluding carboxylic acids is 1. The van der Waals surface area contributed by atoms with E-state index in [1.807, 2.05) is 63.7 Å². The predicted molar refractivity (Wildman–Crippen MR) is 103 cm³/mol. The number of amides is 1. The van der Waals surface area contributed by atoms with Crippen LogP contribution in [-0.2, 0) is 18.9 Å². The molecule has 7 nitrogen and oxygen atoms in total. The molecule has 2 aromatic heterocycles. The minimum atomic E-state index is -0.0888. The molecule has 1 N–H and O–H groups in total. The summed E-state index contributed by atoms with van der Waals surface area (Å²) < 4.78 is 3.66. The van der Waals surface area contributed by atoms with Gasteiger partial charge in [0.05, 0.1) is 22.8 Å². The molecule has 3 aromatic rings. The highest BCUT2D eigenvalue weighted by Gasteiger charge is 2.15. The fourth-order valence-corrected chi connectivity index (χ4v) is 3.37. The van der Waals surface area contributed by atoms with Gasteiger partial charge in [-0.05, 0) is 20.8 Å². The molecule has 0 aliphatic heterocycles. The fourth-order valence-electron chi connectivity index (χ4n) is 2.65. The predicted octanol–water partition coefficient (Wildman–Crippen LogP) is 2.87. The summed E-state index contributed by atoms with van der Waals surface area (Å²) in [4.78, 5) is 12.3. The SMILES string of the molecule is Cc1ccc(-c2nnc(SCC(=O)Nc3c(C)nn(C)c3C)n2C)cc1. The van der Waals surface area contributed by atoms with Gasteiger partial charge in [0, 0.05) is 19.7 Å². The van der Waals surface area contributed by atoms with Gasteiger partial charge in [0.25, 0.3) is 0 Å². The first-order valence-corrected chi connectivity index (χ1v) is 9.24. The van der Waals surface area contributed by atoms with Crippen LogP contribution in [0.3, 0.4) is 0 Å². The molecule has 1 aromatic carbocycles. The third-order valence-electron chi connectivity index (χ3n) is 4.25. The molecule has 2 heterocycles. The van der Waals surface area contributed by atoms with Gasteiger partial charge >= 0.3 is 0 Å². The standard InChI is InChI=1S/C18H22N6OS/c1-11-6-8-14(9-7-11)17-20-21-18(23(17)4)26-10-15(25)19-16-12(2)22-24(5)13(16)3/h6-9H,10H2,1-5H3,(H,19,25). The minimum absolute atomic E-state index is 0.0888. The molecule has 0 unspecified atom stereocenters. The van der Waals surface area contributed by atoms with Crippen LogP contribution in [0.2, 0.25) is 0 Å². The molecule has 0 atom stereocenters. The van der Waals surface area contributed by atoms with E-state index in [0.717, 1.165) is 28.5 Å². The van der Waals surface area contributed by atoms with E-state index in [1.165, 1.54) is 17.3 Å². The van der Waals surface area contributed by atoms with Crippen LogP contribution in [0.1, 0.15) is 17.0 Å². The van der Waals surface area contributed by atoms with Crippen LogP contribution in [0.5, 0.6) is 0 Å². The van der Waals surface area contributed by atoms with Crippen LogP contribution in [-0.4, -0.2) is 36.2 Å². The van der Waals surface area contributed by atoms with Gasteiger partial charge in [-0.25, -0.2) is 0 Å². The summed E-state index contributed by atoms with van der Waals surface area (Å²) in [7, 11) is 3.77. The highest BCUT2D eigenvalue weighted by molar-refractivity contribution is 7.99. The molecule has 0 saturated carbocycles. The van der Waals surface area contributed by atoms with Gasteiger partial charge in [0.1, 0.15) is 0 Å². The van der Waals surface area contributed by atoms with Crippen molar-refractivity contribution in [2.24, 2.45) is 14.1 Å². The summed E-state index contributed by atoms with van der Waals surface area (Å²) in [6.07, 6.45) is 0. The molecule has 136 valence electrons. The molecular weight excluding hydrogens is 348 g/mol. The van der Waals surface area contributed by atoms with Gasteiger partial charge in [-0.15, -0.1) is 10.2 Å². The van der Waals surface area contributed by atoms with Crippen molar-refractivity contribution in [3.63, 3.8) is 0 Å². The van der Waals surface area contributed by atoms with E-state index in [0.29, 0.717) is 5.16 Å². The van der Waals surface area contributed by atoms with Crippen LogP contribution in [0.4, 0.5) is 5.69 Å². The first-order valence-electron chi connectivity index (χ1n) is 8.26. The Kier molecular flexibility index (Phi) is 5.13. The van der Waals surface area contributed by atoms with Crippen LogP contribution in [0.15, 0.2) is 29.4 Å². The molecule has 0 bridgehead atoms. The van der Waals surface area contributed by atoms with Gasteiger partial charge in [0.2, 0.25) is 5.91 Å². The average molecular weight is 370 g/mol. The Morgan fingerprint density at radius 1 is 1.12 bits per heavy atom. The lowest BCUT2D eigenvalue weighted by atomic mass is 10.1. The molecule has 26 heavy (non-hydrogen) atoms. The zero-order valence-electron chi connectivity index (χ0n) is 15.6. The quantitative estimate of drug-likeness (QED) is 0.699. The zero-order valence-corrected chi connectivity index (χ0v) is 16.4. The second-order valence-corrected chi connectivity index (χ2v) is 7.18. The Balaban J connectivity index is 1.66. The lowest BCUT2D eigenvalue weighted by Crippen LogP contribution is -2.15. The van der Waals surface area contributed by atoms with Gasteiger partial charge in [-0.2, -0.15) is 5.10 Å². The van der Waals surface area contributed by atoms with Crippen molar-refractivity contribution in [2.45, 2.75) is 25.9 Å². The summed E-state index contributed by atoms with van der Waals surface area (Å²) in [5.74, 6) is 0.953. The van der Waals surface area contributed by atoms with Crippen LogP contribution in [0, 0.1) is 20.8 Å². The average Bonchev–Trinajstić information content (AvgIpc) is 3.08. The number of aromatic nitrogens is 5. The molecule has 0 saturated heterocycles. The maximum atomic E-state index is 12.3. The maximum Gasteiger partial charge on any atom is 0.234 e. The normalized spacial score (nSPS) is 11.0. The second kappa shape index (κ2) is 7.33. The van der Waals surface area contributed by atoms with Gasteiger partial charge in [-0.1, -0.05) is 41.6 Å². The van der Waals surface area contributed by atoms with E-state index in [9.17, 15) is 4.79 Å². The van der Waals surface area contributed by atoms with Crippen molar-refractivity contribution in [3.8, 4) is 11.4 Å². The Labute approximate surface area is 156 Å². The molecule has 0 aliphatic carbocycles. The van der Waals surface area contributed by atoms with Crippen LogP contribution >= 0.6 is 11.8 Å². The summed E-state index contributed by atoms with van der Waals surface area (Å²) >= 11 is 1.36. The molecule has 0 spiro atoms. The fraction of sp³-hybridized carbons (Fsp3) is 0.333. The number of aryl methyl sites for hydroxylation is 3. The van der Waals surface area contributed by atoms with Crippen LogP contribution < -0.4 is 5.32 Å². The van der Waals surface area contributed by atoms with Gasteiger partial charge in [0.15, 0.2) is 11.0 Å². The van der Waals surface area contributed by atoms with Crippen molar-refractivity contribution < 1.29 is 4.79 Å². The number of carbonyl (C=O) groups is 1. The summed E-state index contributed by atoms with van der Waals surface area (Å²) in [5.41, 5.74) is 4.72. The number of nitrogens with zero attached hydrogens (tertiary/aromatic N) is 5. The third kappa shape index (κ3) is 3.65. The number of thioether (sulfide) groups is 1. The number of hydrogen-bond acceptors (Lipinski definition) is 5. The van der Waals surface area contributed by atoms with E-state index in [1.54, 1.807) is 4.68 Å². The van der Waals surface area contributed by atoms with E-state index in [-0.39, 0.29) is 11.7 Å². The minimum Gasteiger partial charge on any atom is -0.322 e. The second-order valence-electron chi connectivity index (χ2n) is 6.24. The van der Waals surface area contributed by atoms with Crippen molar-refractivity contribution >= 4 is 23.4 Å². The molecule has 8 heteroatoms. The van der Waals surface area contributed by atoms with E-state index < -0.39 is 0 Å². The Bertz CT molecular complexity index is 941. The summed E-state index contributed by atoms with van der Waals surface area (Å²) in [6.45, 7) is 5.86. The Morgan fingerprint density at radius 3 is 2.42 bits per heavy atom. The van der Waals surface area contributed by atoms with Crippen molar-refractivity contribution in [1.29, 1.82) is 0 Å². The zero-order chi connectivity index (χ0) is 18.8. The lowest BCUT2D eigenvalue weighted by Gasteiger charge is -2.06. The number of rotatable bonds is 5. The van der Waals surface area contributed by atoms with Crippen molar-refractivity contribution in [1.82, 2.24) is 24.5 Å². The summed E-state index contributed by atoms with van der Waals surface area (Å²) in [5, 5.41) is 16.4. The third-order valence-corrected chi connectivity index (χ3v) is 5.27. The number of hydrogen-bond donors (Lipinski definition) is 1. The van der Waals surface area contributed by atoms with Gasteiger partial charge < -0.3 is 9.88 Å². The highest BCUT2D eigenvalue weighted by atomic mass is 32.2. The van der Waals surface area contributed by atoms with E-state index in [4.69, 9.17) is 0 Å². The molecular formula is C18H22N6OS. The number of benzene rings is 1. The van der Waals surface area contributed by atoms with Crippen LogP contribution in [0.25, 0.3) is 11.4 Å².